The number of anilines is 1. The summed E-state index contributed by atoms with van der Waals surface area (Å²) >= 11 is 6.09. The summed E-state index contributed by atoms with van der Waals surface area (Å²) < 4.78 is 0. The number of hydrogen-bond donors (Lipinski definition) is 1. The van der Waals surface area contributed by atoms with Crippen molar-refractivity contribution in [3.8, 4) is 0 Å². The summed E-state index contributed by atoms with van der Waals surface area (Å²) in [6.07, 6.45) is 1.72. The molecule has 2 aromatic rings. The van der Waals surface area contributed by atoms with Gasteiger partial charge in [-0.05, 0) is 43.5 Å². The van der Waals surface area contributed by atoms with Crippen LogP contribution in [0.5, 0.6) is 0 Å². The molecule has 3 heteroatoms. The minimum atomic E-state index is 0.528. The molecule has 0 spiro atoms. The molecule has 0 aliphatic carbocycles. The maximum absolute atomic E-state index is 6.09. The van der Waals surface area contributed by atoms with Crippen molar-refractivity contribution in [3.05, 3.63) is 57.9 Å². The molecular weight excluding hydrogens is 244 g/mol. The molecule has 0 amide bonds. The van der Waals surface area contributed by atoms with Crippen LogP contribution in [0.15, 0.2) is 30.5 Å². The second kappa shape index (κ2) is 5.40. The van der Waals surface area contributed by atoms with Crippen LogP contribution < -0.4 is 5.32 Å². The summed E-state index contributed by atoms with van der Waals surface area (Å²) in [5.41, 5.74) is 5.87. The first-order valence-corrected chi connectivity index (χ1v) is 6.37. The van der Waals surface area contributed by atoms with E-state index >= 15 is 0 Å². The van der Waals surface area contributed by atoms with Gasteiger partial charge in [0.05, 0.1) is 5.69 Å². The van der Waals surface area contributed by atoms with Gasteiger partial charge in [0.1, 0.15) is 0 Å². The van der Waals surface area contributed by atoms with Crippen LogP contribution in [0, 0.1) is 20.8 Å². The lowest BCUT2D eigenvalue weighted by Gasteiger charge is -2.12. The van der Waals surface area contributed by atoms with E-state index in [1.54, 1.807) is 6.20 Å². The topological polar surface area (TPSA) is 24.9 Å². The number of hydrogen-bond acceptors (Lipinski definition) is 2. The van der Waals surface area contributed by atoms with E-state index in [0.717, 1.165) is 17.8 Å². The van der Waals surface area contributed by atoms with Crippen LogP contribution in [0.4, 0.5) is 5.69 Å². The SMILES string of the molecule is Cc1ccc(C)c(CNc2c(C)ccnc2Cl)c1. The Balaban J connectivity index is 2.19. The fraction of sp³-hybridized carbons (Fsp3) is 0.267. The highest BCUT2D eigenvalue weighted by molar-refractivity contribution is 6.32. The largest absolute Gasteiger partial charge is 0.378 e. The number of nitrogens with zero attached hydrogens (tertiary/aromatic N) is 1. The van der Waals surface area contributed by atoms with E-state index in [1.807, 2.05) is 13.0 Å². The van der Waals surface area contributed by atoms with E-state index in [2.05, 4.69) is 42.3 Å². The third kappa shape index (κ3) is 2.82. The number of aromatic nitrogens is 1. The number of benzene rings is 1. The van der Waals surface area contributed by atoms with Crippen molar-refractivity contribution < 1.29 is 0 Å². The van der Waals surface area contributed by atoms with E-state index in [9.17, 15) is 0 Å². The maximum atomic E-state index is 6.09. The van der Waals surface area contributed by atoms with Crippen molar-refractivity contribution in [1.29, 1.82) is 0 Å². The third-order valence-electron chi connectivity index (χ3n) is 3.07. The molecule has 2 rings (SSSR count). The molecule has 0 aliphatic rings. The van der Waals surface area contributed by atoms with Gasteiger partial charge in [-0.3, -0.25) is 0 Å². The van der Waals surface area contributed by atoms with E-state index in [1.165, 1.54) is 16.7 Å². The number of nitrogens with one attached hydrogen (secondary N) is 1. The molecule has 0 atom stereocenters. The van der Waals surface area contributed by atoms with Gasteiger partial charge in [-0.2, -0.15) is 0 Å². The molecule has 1 heterocycles. The Labute approximate surface area is 113 Å². The Kier molecular flexibility index (Phi) is 3.87. The van der Waals surface area contributed by atoms with E-state index in [-0.39, 0.29) is 0 Å². The molecule has 1 aromatic carbocycles. The number of aryl methyl sites for hydroxylation is 3. The van der Waals surface area contributed by atoms with Gasteiger partial charge in [0, 0.05) is 12.7 Å². The lowest BCUT2D eigenvalue weighted by molar-refractivity contribution is 1.09. The van der Waals surface area contributed by atoms with Gasteiger partial charge in [-0.25, -0.2) is 4.98 Å². The van der Waals surface area contributed by atoms with Crippen molar-refractivity contribution in [2.24, 2.45) is 0 Å². The molecule has 1 N–H and O–H groups in total. The first-order chi connectivity index (χ1) is 8.58. The zero-order valence-corrected chi connectivity index (χ0v) is 11.7. The minimum absolute atomic E-state index is 0.528. The van der Waals surface area contributed by atoms with Crippen molar-refractivity contribution >= 4 is 17.3 Å². The number of pyridine rings is 1. The number of rotatable bonds is 3. The minimum Gasteiger partial charge on any atom is -0.378 e. The molecule has 0 saturated carbocycles. The predicted octanol–water partition coefficient (Wildman–Crippen LogP) is 4.27. The van der Waals surface area contributed by atoms with Gasteiger partial charge < -0.3 is 5.32 Å². The fourth-order valence-corrected chi connectivity index (χ4v) is 2.18. The van der Waals surface area contributed by atoms with Gasteiger partial charge in [0.2, 0.25) is 0 Å². The second-order valence-corrected chi connectivity index (χ2v) is 4.94. The molecule has 18 heavy (non-hydrogen) atoms. The Morgan fingerprint density at radius 2 is 1.89 bits per heavy atom. The van der Waals surface area contributed by atoms with E-state index in [0.29, 0.717) is 5.15 Å². The summed E-state index contributed by atoms with van der Waals surface area (Å²) in [4.78, 5) is 4.10. The molecule has 94 valence electrons. The normalized spacial score (nSPS) is 10.4. The molecule has 0 unspecified atom stereocenters. The summed E-state index contributed by atoms with van der Waals surface area (Å²) in [6.45, 7) is 7.01. The Bertz CT molecular complexity index is 544. The third-order valence-corrected chi connectivity index (χ3v) is 3.36. The second-order valence-electron chi connectivity index (χ2n) is 4.58. The van der Waals surface area contributed by atoms with Crippen LogP contribution in [-0.4, -0.2) is 4.98 Å². The zero-order chi connectivity index (χ0) is 13.1. The highest BCUT2D eigenvalue weighted by Crippen LogP contribution is 2.24. The van der Waals surface area contributed by atoms with Crippen LogP contribution in [0.2, 0.25) is 5.15 Å². The molecule has 1 aromatic heterocycles. The summed E-state index contributed by atoms with van der Waals surface area (Å²) in [5.74, 6) is 0. The molecule has 0 saturated heterocycles. The summed E-state index contributed by atoms with van der Waals surface area (Å²) in [6, 6.07) is 8.42. The van der Waals surface area contributed by atoms with Crippen molar-refractivity contribution in [2.75, 3.05) is 5.32 Å². The van der Waals surface area contributed by atoms with Gasteiger partial charge in [0.25, 0.3) is 0 Å². The molecule has 0 bridgehead atoms. The fourth-order valence-electron chi connectivity index (χ4n) is 1.91. The van der Waals surface area contributed by atoms with E-state index < -0.39 is 0 Å². The Morgan fingerprint density at radius 3 is 2.61 bits per heavy atom. The lowest BCUT2D eigenvalue weighted by atomic mass is 10.1. The van der Waals surface area contributed by atoms with Gasteiger partial charge in [-0.15, -0.1) is 0 Å². The molecule has 0 radical (unpaired) electrons. The first kappa shape index (κ1) is 12.9. The zero-order valence-electron chi connectivity index (χ0n) is 10.9. The van der Waals surface area contributed by atoms with Crippen molar-refractivity contribution in [1.82, 2.24) is 4.98 Å². The van der Waals surface area contributed by atoms with E-state index in [4.69, 9.17) is 11.6 Å². The van der Waals surface area contributed by atoms with Crippen LogP contribution in [0.1, 0.15) is 22.3 Å². The predicted molar refractivity (Wildman–Crippen MR) is 77.2 cm³/mol. The van der Waals surface area contributed by atoms with Crippen LogP contribution >= 0.6 is 11.6 Å². The molecule has 0 aliphatic heterocycles. The molecule has 0 fully saturated rings. The van der Waals surface area contributed by atoms with Crippen LogP contribution in [-0.2, 0) is 6.54 Å². The molecule has 2 nitrogen and oxygen atoms in total. The standard InChI is InChI=1S/C15H17ClN2/c1-10-4-5-11(2)13(8-10)9-18-14-12(3)6-7-17-15(14)16/h4-8,18H,9H2,1-3H3. The highest BCUT2D eigenvalue weighted by atomic mass is 35.5. The van der Waals surface area contributed by atoms with Crippen molar-refractivity contribution in [3.63, 3.8) is 0 Å². The monoisotopic (exact) mass is 260 g/mol. The van der Waals surface area contributed by atoms with Gasteiger partial charge in [-0.1, -0.05) is 35.4 Å². The van der Waals surface area contributed by atoms with Crippen molar-refractivity contribution in [2.45, 2.75) is 27.3 Å². The van der Waals surface area contributed by atoms with Crippen LogP contribution in [0.25, 0.3) is 0 Å². The average molecular weight is 261 g/mol. The Morgan fingerprint density at radius 1 is 1.11 bits per heavy atom. The molecular formula is C15H17ClN2. The first-order valence-electron chi connectivity index (χ1n) is 5.99. The highest BCUT2D eigenvalue weighted by Gasteiger charge is 2.05. The van der Waals surface area contributed by atoms with Crippen LogP contribution in [0.3, 0.4) is 0 Å². The quantitative estimate of drug-likeness (QED) is 0.834. The van der Waals surface area contributed by atoms with Gasteiger partial charge >= 0.3 is 0 Å². The summed E-state index contributed by atoms with van der Waals surface area (Å²) in [5, 5.41) is 3.90. The maximum Gasteiger partial charge on any atom is 0.152 e. The smallest absolute Gasteiger partial charge is 0.152 e. The lowest BCUT2D eigenvalue weighted by Crippen LogP contribution is -2.04. The average Bonchev–Trinajstić information content (AvgIpc) is 2.33. The summed E-state index contributed by atoms with van der Waals surface area (Å²) in [7, 11) is 0. The van der Waals surface area contributed by atoms with Gasteiger partial charge in [0.15, 0.2) is 5.15 Å². The number of halogens is 1. The Hall–Kier alpha value is -1.54.